The Morgan fingerprint density at radius 3 is 2.76 bits per heavy atom. The Labute approximate surface area is 110 Å². The molecule has 0 saturated heterocycles. The van der Waals surface area contributed by atoms with Gasteiger partial charge in [0.1, 0.15) is 0 Å². The van der Waals surface area contributed by atoms with Gasteiger partial charge in [-0.25, -0.2) is 0 Å². The summed E-state index contributed by atoms with van der Waals surface area (Å²) in [5.74, 6) is 0.0837. The summed E-state index contributed by atoms with van der Waals surface area (Å²) < 4.78 is 0. The van der Waals surface area contributed by atoms with E-state index in [1.165, 1.54) is 0 Å². The maximum Gasteiger partial charge on any atom is 0.220 e. The quantitative estimate of drug-likeness (QED) is 0.600. The third kappa shape index (κ3) is 5.84. The minimum absolute atomic E-state index is 0.0348. The average Bonchev–Trinajstić information content (AvgIpc) is 2.37. The van der Waals surface area contributed by atoms with Crippen LogP contribution < -0.4 is 5.32 Å². The number of hydrogen-bond donors (Lipinski definition) is 2. The molecule has 0 bridgehead atoms. The Bertz CT molecular complexity index is 355. The van der Waals surface area contributed by atoms with Gasteiger partial charge in [-0.05, 0) is 24.0 Å². The van der Waals surface area contributed by atoms with Crippen LogP contribution in [0.5, 0.6) is 0 Å². The molecule has 0 aromatic heterocycles. The summed E-state index contributed by atoms with van der Waals surface area (Å²) in [6, 6.07) is 7.59. The fourth-order valence-corrected chi connectivity index (χ4v) is 1.90. The number of amides is 1. The summed E-state index contributed by atoms with van der Waals surface area (Å²) in [6.45, 7) is 0.564. The second-order valence-electron chi connectivity index (χ2n) is 3.90. The zero-order valence-corrected chi connectivity index (χ0v) is 11.4. The van der Waals surface area contributed by atoms with Crippen LogP contribution in [0.25, 0.3) is 0 Å². The Balaban J connectivity index is 2.31. The molecule has 0 spiro atoms. The molecule has 0 unspecified atom stereocenters. The molecule has 0 atom stereocenters. The van der Waals surface area contributed by atoms with E-state index in [1.807, 2.05) is 24.3 Å². The summed E-state index contributed by atoms with van der Waals surface area (Å²) in [4.78, 5) is 11.5. The van der Waals surface area contributed by atoms with E-state index in [0.29, 0.717) is 13.0 Å². The molecule has 1 amide bonds. The van der Waals surface area contributed by atoms with Gasteiger partial charge in [0.15, 0.2) is 0 Å². The zero-order chi connectivity index (χ0) is 12.5. The van der Waals surface area contributed by atoms with Crippen LogP contribution in [0.2, 0.25) is 0 Å². The number of nitrogens with one attached hydrogen (secondary N) is 1. The number of benzene rings is 1. The standard InChI is InChI=1S/C13H18BrNO2/c14-7-2-1-6-13(17)15-9-11-4-3-5-12(8-11)10-16/h3-5,8,16H,1-2,6-7,9-10H2,(H,15,17). The minimum Gasteiger partial charge on any atom is -0.392 e. The molecule has 1 rings (SSSR count). The number of aliphatic hydroxyl groups excluding tert-OH is 1. The number of carbonyl (C=O) groups is 1. The van der Waals surface area contributed by atoms with Crippen LogP contribution in [-0.2, 0) is 17.9 Å². The molecule has 0 heterocycles. The van der Waals surface area contributed by atoms with Crippen molar-refractivity contribution in [3.63, 3.8) is 0 Å². The van der Waals surface area contributed by atoms with Crippen molar-refractivity contribution in [3.05, 3.63) is 35.4 Å². The van der Waals surface area contributed by atoms with Crippen molar-refractivity contribution in [1.82, 2.24) is 5.32 Å². The Morgan fingerprint density at radius 2 is 2.06 bits per heavy atom. The van der Waals surface area contributed by atoms with Crippen LogP contribution in [0.3, 0.4) is 0 Å². The predicted octanol–water partition coefficient (Wildman–Crippen LogP) is 2.36. The molecule has 1 aromatic rings. The molecule has 94 valence electrons. The van der Waals surface area contributed by atoms with Gasteiger partial charge < -0.3 is 10.4 Å². The van der Waals surface area contributed by atoms with Crippen molar-refractivity contribution in [1.29, 1.82) is 0 Å². The van der Waals surface area contributed by atoms with Crippen molar-refractivity contribution in [2.45, 2.75) is 32.4 Å². The van der Waals surface area contributed by atoms with Crippen molar-refractivity contribution in [3.8, 4) is 0 Å². The number of carbonyl (C=O) groups excluding carboxylic acids is 1. The largest absolute Gasteiger partial charge is 0.392 e. The molecule has 0 aliphatic rings. The van der Waals surface area contributed by atoms with Gasteiger partial charge >= 0.3 is 0 Å². The topological polar surface area (TPSA) is 49.3 Å². The van der Waals surface area contributed by atoms with Gasteiger partial charge in [-0.15, -0.1) is 0 Å². The first-order valence-electron chi connectivity index (χ1n) is 5.77. The van der Waals surface area contributed by atoms with Crippen LogP contribution >= 0.6 is 15.9 Å². The van der Waals surface area contributed by atoms with Crippen LogP contribution in [0, 0.1) is 0 Å². The maximum absolute atomic E-state index is 11.5. The highest BCUT2D eigenvalue weighted by molar-refractivity contribution is 9.09. The first kappa shape index (κ1) is 14.2. The van der Waals surface area contributed by atoms with E-state index in [4.69, 9.17) is 5.11 Å². The molecule has 0 aliphatic carbocycles. The second kappa shape index (κ2) is 8.25. The van der Waals surface area contributed by atoms with Crippen molar-refractivity contribution < 1.29 is 9.90 Å². The monoisotopic (exact) mass is 299 g/mol. The molecule has 1 aromatic carbocycles. The van der Waals surface area contributed by atoms with Gasteiger partial charge in [-0.3, -0.25) is 4.79 Å². The van der Waals surface area contributed by atoms with Gasteiger partial charge in [0.25, 0.3) is 0 Å². The third-order valence-electron chi connectivity index (χ3n) is 2.45. The highest BCUT2D eigenvalue weighted by atomic mass is 79.9. The van der Waals surface area contributed by atoms with E-state index in [0.717, 1.165) is 29.3 Å². The molecule has 2 N–H and O–H groups in total. The summed E-state index contributed by atoms with van der Waals surface area (Å²) in [7, 11) is 0. The number of alkyl halides is 1. The van der Waals surface area contributed by atoms with Crippen LogP contribution in [0.15, 0.2) is 24.3 Å². The Hall–Kier alpha value is -0.870. The number of aliphatic hydroxyl groups is 1. The van der Waals surface area contributed by atoms with Crippen molar-refractivity contribution in [2.24, 2.45) is 0 Å². The molecule has 4 heteroatoms. The average molecular weight is 300 g/mol. The lowest BCUT2D eigenvalue weighted by Gasteiger charge is -2.06. The lowest BCUT2D eigenvalue weighted by molar-refractivity contribution is -0.121. The SMILES string of the molecule is O=C(CCCCBr)NCc1cccc(CO)c1. The number of halogens is 1. The van der Waals surface area contributed by atoms with Crippen LogP contribution in [0.1, 0.15) is 30.4 Å². The van der Waals surface area contributed by atoms with E-state index in [-0.39, 0.29) is 12.5 Å². The van der Waals surface area contributed by atoms with E-state index in [2.05, 4.69) is 21.2 Å². The van der Waals surface area contributed by atoms with E-state index in [1.54, 1.807) is 0 Å². The van der Waals surface area contributed by atoms with Gasteiger partial charge in [0.05, 0.1) is 6.61 Å². The van der Waals surface area contributed by atoms with Crippen LogP contribution in [0.4, 0.5) is 0 Å². The molecule has 3 nitrogen and oxygen atoms in total. The van der Waals surface area contributed by atoms with E-state index >= 15 is 0 Å². The normalized spacial score (nSPS) is 10.2. The van der Waals surface area contributed by atoms with Gasteiger partial charge in [0.2, 0.25) is 5.91 Å². The number of unbranched alkanes of at least 4 members (excludes halogenated alkanes) is 1. The molecule has 0 radical (unpaired) electrons. The first-order valence-corrected chi connectivity index (χ1v) is 6.89. The van der Waals surface area contributed by atoms with E-state index in [9.17, 15) is 4.79 Å². The van der Waals surface area contributed by atoms with Crippen LogP contribution in [-0.4, -0.2) is 16.3 Å². The maximum atomic E-state index is 11.5. The summed E-state index contributed by atoms with van der Waals surface area (Å²) in [5.41, 5.74) is 1.89. The molecule has 17 heavy (non-hydrogen) atoms. The molecule has 0 fully saturated rings. The fraction of sp³-hybridized carbons (Fsp3) is 0.462. The third-order valence-corrected chi connectivity index (χ3v) is 3.01. The fourth-order valence-electron chi connectivity index (χ4n) is 1.51. The highest BCUT2D eigenvalue weighted by Gasteiger charge is 2.01. The van der Waals surface area contributed by atoms with Crippen molar-refractivity contribution >= 4 is 21.8 Å². The number of hydrogen-bond acceptors (Lipinski definition) is 2. The van der Waals surface area contributed by atoms with Crippen molar-refractivity contribution in [2.75, 3.05) is 5.33 Å². The molecule has 0 aliphatic heterocycles. The number of rotatable bonds is 7. The van der Waals surface area contributed by atoms with Gasteiger partial charge in [0, 0.05) is 18.3 Å². The summed E-state index contributed by atoms with van der Waals surface area (Å²) >= 11 is 3.34. The zero-order valence-electron chi connectivity index (χ0n) is 9.79. The highest BCUT2D eigenvalue weighted by Crippen LogP contribution is 2.05. The minimum atomic E-state index is 0.0348. The molecular formula is C13H18BrNO2. The molecular weight excluding hydrogens is 282 g/mol. The Morgan fingerprint density at radius 1 is 1.29 bits per heavy atom. The first-order chi connectivity index (χ1) is 8.26. The van der Waals surface area contributed by atoms with Gasteiger partial charge in [-0.2, -0.15) is 0 Å². The lowest BCUT2D eigenvalue weighted by atomic mass is 10.1. The van der Waals surface area contributed by atoms with Gasteiger partial charge in [-0.1, -0.05) is 40.2 Å². The second-order valence-corrected chi connectivity index (χ2v) is 4.69. The summed E-state index contributed by atoms with van der Waals surface area (Å²) in [6.07, 6.45) is 2.51. The molecule has 0 saturated carbocycles. The predicted molar refractivity (Wildman–Crippen MR) is 71.9 cm³/mol. The van der Waals surface area contributed by atoms with E-state index < -0.39 is 0 Å². The summed E-state index contributed by atoms with van der Waals surface area (Å²) in [5, 5.41) is 12.8. The lowest BCUT2D eigenvalue weighted by Crippen LogP contribution is -2.22. The smallest absolute Gasteiger partial charge is 0.220 e. The Kier molecular flexibility index (Phi) is 6.89.